The predicted molar refractivity (Wildman–Crippen MR) is 125 cm³/mol. The smallest absolute Gasteiger partial charge is 0.357 e. The molecule has 0 saturated carbocycles. The number of Topliss-reactive ketones (excluding diaryl/α,β-unsaturated/α-hetero) is 1. The first kappa shape index (κ1) is 22.4. The minimum absolute atomic E-state index is 0.0372. The SMILES string of the molecule is Cc1nnnn1/C(=C\c1ccccc1)C(=O)OCC(=O)C(C#N)=C1N(C)c2ccccc2N1C. The van der Waals surface area contributed by atoms with Gasteiger partial charge in [-0.2, -0.15) is 9.94 Å². The first-order valence-corrected chi connectivity index (χ1v) is 10.4. The van der Waals surface area contributed by atoms with Gasteiger partial charge in [-0.3, -0.25) is 4.79 Å². The molecule has 10 heteroatoms. The second-order valence-corrected chi connectivity index (χ2v) is 7.49. The summed E-state index contributed by atoms with van der Waals surface area (Å²) in [7, 11) is 3.55. The van der Waals surface area contributed by atoms with Crippen molar-refractivity contribution in [1.29, 1.82) is 5.26 Å². The summed E-state index contributed by atoms with van der Waals surface area (Å²) in [6.45, 7) is 1.02. The van der Waals surface area contributed by atoms with Gasteiger partial charge in [0.05, 0.1) is 11.4 Å². The molecule has 34 heavy (non-hydrogen) atoms. The molecule has 0 N–H and O–H groups in total. The van der Waals surface area contributed by atoms with Crippen molar-refractivity contribution >= 4 is 34.9 Å². The first-order valence-electron chi connectivity index (χ1n) is 10.4. The molecular formula is C24H21N7O3. The lowest BCUT2D eigenvalue weighted by Gasteiger charge is -2.19. The van der Waals surface area contributed by atoms with E-state index < -0.39 is 18.4 Å². The number of ether oxygens (including phenoxy) is 1. The number of benzene rings is 2. The molecule has 0 spiro atoms. The maximum absolute atomic E-state index is 13.0. The largest absolute Gasteiger partial charge is 0.453 e. The topological polar surface area (TPSA) is 117 Å². The van der Waals surface area contributed by atoms with E-state index in [-0.39, 0.29) is 11.3 Å². The van der Waals surface area contributed by atoms with E-state index in [2.05, 4.69) is 15.5 Å². The maximum atomic E-state index is 13.0. The Bertz CT molecular complexity index is 1320. The van der Waals surface area contributed by atoms with E-state index in [1.54, 1.807) is 49.0 Å². The number of esters is 1. The van der Waals surface area contributed by atoms with Crippen LogP contribution >= 0.6 is 0 Å². The Morgan fingerprint density at radius 3 is 2.21 bits per heavy atom. The summed E-state index contributed by atoms with van der Waals surface area (Å²) in [5, 5.41) is 21.0. The number of ketones is 1. The number of aryl methyl sites for hydroxylation is 1. The van der Waals surface area contributed by atoms with Crippen LogP contribution in [-0.2, 0) is 14.3 Å². The van der Waals surface area contributed by atoms with Gasteiger partial charge >= 0.3 is 5.97 Å². The molecule has 0 bridgehead atoms. The number of fused-ring (bicyclic) bond motifs is 1. The van der Waals surface area contributed by atoms with Crippen molar-refractivity contribution in [2.24, 2.45) is 0 Å². The summed E-state index contributed by atoms with van der Waals surface area (Å²) < 4.78 is 6.55. The fourth-order valence-electron chi connectivity index (χ4n) is 3.70. The zero-order valence-corrected chi connectivity index (χ0v) is 18.8. The molecular weight excluding hydrogens is 434 g/mol. The molecule has 2 aromatic carbocycles. The summed E-state index contributed by atoms with van der Waals surface area (Å²) in [5.74, 6) is -0.630. The van der Waals surface area contributed by atoms with Crippen LogP contribution in [0.1, 0.15) is 11.4 Å². The van der Waals surface area contributed by atoms with Crippen LogP contribution in [0.4, 0.5) is 11.4 Å². The number of para-hydroxylation sites is 2. The van der Waals surface area contributed by atoms with Gasteiger partial charge in [0.25, 0.3) is 0 Å². The lowest BCUT2D eigenvalue weighted by molar-refractivity contribution is -0.141. The summed E-state index contributed by atoms with van der Waals surface area (Å²) in [5.41, 5.74) is 2.37. The number of anilines is 2. The van der Waals surface area contributed by atoms with Crippen LogP contribution in [0.5, 0.6) is 0 Å². The highest BCUT2D eigenvalue weighted by molar-refractivity contribution is 6.16. The number of aromatic nitrogens is 4. The van der Waals surface area contributed by atoms with Gasteiger partial charge in [-0.05, 0) is 41.1 Å². The molecule has 0 fully saturated rings. The van der Waals surface area contributed by atoms with E-state index in [9.17, 15) is 14.9 Å². The Morgan fingerprint density at radius 1 is 1.03 bits per heavy atom. The van der Waals surface area contributed by atoms with Gasteiger partial charge < -0.3 is 14.5 Å². The van der Waals surface area contributed by atoms with Crippen molar-refractivity contribution < 1.29 is 14.3 Å². The second kappa shape index (κ2) is 9.38. The first-order chi connectivity index (χ1) is 16.4. The third-order valence-electron chi connectivity index (χ3n) is 5.35. The Labute approximate surface area is 196 Å². The molecule has 170 valence electrons. The number of rotatable bonds is 6. The molecule has 4 rings (SSSR count). The van der Waals surface area contributed by atoms with Crippen molar-refractivity contribution in [3.05, 3.63) is 77.4 Å². The van der Waals surface area contributed by atoms with Crippen LogP contribution in [-0.4, -0.2) is 52.7 Å². The molecule has 1 aromatic heterocycles. The molecule has 10 nitrogen and oxygen atoms in total. The molecule has 0 saturated heterocycles. The molecule has 3 aromatic rings. The fraction of sp³-hybridized carbons (Fsp3) is 0.167. The van der Waals surface area contributed by atoms with Crippen molar-refractivity contribution in [3.63, 3.8) is 0 Å². The van der Waals surface area contributed by atoms with Gasteiger partial charge in [0.1, 0.15) is 17.5 Å². The number of hydrogen-bond acceptors (Lipinski definition) is 9. The van der Waals surface area contributed by atoms with Gasteiger partial charge in [-0.15, -0.1) is 5.10 Å². The molecule has 0 atom stereocenters. The van der Waals surface area contributed by atoms with Crippen LogP contribution in [0.3, 0.4) is 0 Å². The summed E-state index contributed by atoms with van der Waals surface area (Å²) in [4.78, 5) is 29.5. The standard InChI is InChI=1S/C24H21N7O3/c1-16-26-27-28-31(16)21(13-17-9-5-4-6-10-17)24(33)34-15-22(32)18(14-25)23-29(2)19-11-7-8-12-20(19)30(23)3/h4-13H,15H2,1-3H3/b21-13-. The molecule has 0 aliphatic carbocycles. The van der Waals surface area contributed by atoms with E-state index in [1.165, 1.54) is 4.68 Å². The van der Waals surface area contributed by atoms with Gasteiger partial charge in [0, 0.05) is 14.1 Å². The van der Waals surface area contributed by atoms with Gasteiger partial charge in [-0.25, -0.2) is 4.79 Å². The highest BCUT2D eigenvalue weighted by atomic mass is 16.5. The zero-order valence-electron chi connectivity index (χ0n) is 18.8. The van der Waals surface area contributed by atoms with Gasteiger partial charge in [0.2, 0.25) is 5.78 Å². The average Bonchev–Trinajstić information content (AvgIpc) is 3.39. The molecule has 0 amide bonds. The highest BCUT2D eigenvalue weighted by Gasteiger charge is 2.31. The molecule has 2 heterocycles. The number of carbonyl (C=O) groups excluding carboxylic acids is 2. The maximum Gasteiger partial charge on any atom is 0.357 e. The Kier molecular flexibility index (Phi) is 6.18. The van der Waals surface area contributed by atoms with E-state index in [0.29, 0.717) is 11.6 Å². The lowest BCUT2D eigenvalue weighted by atomic mass is 10.2. The monoisotopic (exact) mass is 455 g/mol. The number of nitrogens with zero attached hydrogens (tertiary/aromatic N) is 7. The normalized spacial score (nSPS) is 12.9. The third-order valence-corrected chi connectivity index (χ3v) is 5.35. The van der Waals surface area contributed by atoms with Crippen molar-refractivity contribution in [2.75, 3.05) is 30.5 Å². The summed E-state index contributed by atoms with van der Waals surface area (Å²) >= 11 is 0. The quantitative estimate of drug-likeness (QED) is 0.314. The van der Waals surface area contributed by atoms with Gasteiger partial charge in [-0.1, -0.05) is 42.5 Å². The number of carbonyl (C=O) groups is 2. The summed E-state index contributed by atoms with van der Waals surface area (Å²) in [6, 6.07) is 18.6. The second-order valence-electron chi connectivity index (χ2n) is 7.49. The summed E-state index contributed by atoms with van der Waals surface area (Å²) in [6.07, 6.45) is 1.56. The molecule has 1 aliphatic rings. The van der Waals surface area contributed by atoms with Crippen LogP contribution in [0, 0.1) is 18.3 Å². The number of tetrazole rings is 1. The number of nitriles is 1. The van der Waals surface area contributed by atoms with Crippen LogP contribution in [0.15, 0.2) is 66.0 Å². The zero-order chi connectivity index (χ0) is 24.2. The number of hydrogen-bond donors (Lipinski definition) is 0. The molecule has 0 unspecified atom stereocenters. The third kappa shape index (κ3) is 4.14. The van der Waals surface area contributed by atoms with E-state index in [1.807, 2.05) is 48.5 Å². The molecule has 1 aliphatic heterocycles. The van der Waals surface area contributed by atoms with Crippen molar-refractivity contribution in [3.8, 4) is 6.07 Å². The highest BCUT2D eigenvalue weighted by Crippen LogP contribution is 2.40. The van der Waals surface area contributed by atoms with Crippen LogP contribution in [0.2, 0.25) is 0 Å². The van der Waals surface area contributed by atoms with Gasteiger partial charge in [0.15, 0.2) is 18.1 Å². The van der Waals surface area contributed by atoms with Crippen molar-refractivity contribution in [1.82, 2.24) is 20.2 Å². The minimum atomic E-state index is -0.800. The van der Waals surface area contributed by atoms with Crippen LogP contribution in [0.25, 0.3) is 11.8 Å². The van der Waals surface area contributed by atoms with Crippen LogP contribution < -0.4 is 9.80 Å². The predicted octanol–water partition coefficient (Wildman–Crippen LogP) is 2.41. The lowest BCUT2D eigenvalue weighted by Crippen LogP contribution is -2.28. The van der Waals surface area contributed by atoms with Crippen molar-refractivity contribution in [2.45, 2.75) is 6.92 Å². The van der Waals surface area contributed by atoms with E-state index in [4.69, 9.17) is 4.74 Å². The van der Waals surface area contributed by atoms with E-state index in [0.717, 1.165) is 16.9 Å². The fourth-order valence-corrected chi connectivity index (χ4v) is 3.70. The molecule has 0 radical (unpaired) electrons. The Hall–Kier alpha value is -4.78. The van der Waals surface area contributed by atoms with E-state index >= 15 is 0 Å². The minimum Gasteiger partial charge on any atom is -0.453 e. The Morgan fingerprint density at radius 2 is 1.65 bits per heavy atom. The average molecular weight is 455 g/mol. The Balaban J connectivity index is 1.58.